The average molecular weight is 391 g/mol. The zero-order valence-corrected chi connectivity index (χ0v) is 16.7. The van der Waals surface area contributed by atoms with Gasteiger partial charge in [-0.25, -0.2) is 0 Å². The van der Waals surface area contributed by atoms with Crippen LogP contribution < -0.4 is 9.47 Å². The van der Waals surface area contributed by atoms with Crippen molar-refractivity contribution in [1.29, 1.82) is 0 Å². The van der Waals surface area contributed by atoms with E-state index in [2.05, 4.69) is 35.2 Å². The topological polar surface area (TPSA) is 59.0 Å². The maximum absolute atomic E-state index is 12.0. The van der Waals surface area contributed by atoms with Crippen LogP contribution in [-0.2, 0) is 4.79 Å². The summed E-state index contributed by atoms with van der Waals surface area (Å²) in [5.41, 5.74) is 1.96. The lowest BCUT2D eigenvalue weighted by molar-refractivity contribution is -0.142. The number of ether oxygens (including phenoxy) is 2. The number of nitrogens with zero attached hydrogens (tertiary/aromatic N) is 1. The second kappa shape index (κ2) is 8.13. The van der Waals surface area contributed by atoms with Gasteiger partial charge in [-0.05, 0) is 41.3 Å². The number of likely N-dealkylation sites (tertiary alicyclic amines) is 1. The maximum Gasteiger partial charge on any atom is 0.320 e. The minimum atomic E-state index is -0.782. The van der Waals surface area contributed by atoms with E-state index in [0.29, 0.717) is 17.9 Å². The van der Waals surface area contributed by atoms with Gasteiger partial charge in [-0.1, -0.05) is 48.5 Å². The standard InChI is InChI=1S/C24H25NO4/c1-28-21-11-5-9-19(23(21)29-2)22(25-14-6-10-20(25)24(26)27)18-13-12-16-7-3-4-8-17(16)15-18/h3-5,7-9,11-13,15,20,22H,6,10,14H2,1-2H3,(H,26,27). The first-order valence-corrected chi connectivity index (χ1v) is 9.82. The Labute approximate surface area is 170 Å². The fourth-order valence-electron chi connectivity index (χ4n) is 4.42. The predicted octanol–water partition coefficient (Wildman–Crippen LogP) is 4.50. The van der Waals surface area contributed by atoms with Crippen LogP contribution in [0.15, 0.2) is 60.7 Å². The van der Waals surface area contributed by atoms with E-state index in [0.717, 1.165) is 34.9 Å². The number of carboxylic acid groups (broad SMARTS) is 1. The molecule has 1 aliphatic heterocycles. The molecule has 0 saturated carbocycles. The van der Waals surface area contributed by atoms with Crippen molar-refractivity contribution in [2.24, 2.45) is 0 Å². The third kappa shape index (κ3) is 3.54. The highest BCUT2D eigenvalue weighted by Crippen LogP contribution is 2.43. The Morgan fingerprint density at radius 1 is 1.03 bits per heavy atom. The highest BCUT2D eigenvalue weighted by atomic mass is 16.5. The summed E-state index contributed by atoms with van der Waals surface area (Å²) in [5, 5.41) is 12.1. The van der Waals surface area contributed by atoms with Crippen molar-refractivity contribution < 1.29 is 19.4 Å². The Hall–Kier alpha value is -3.05. The van der Waals surface area contributed by atoms with Gasteiger partial charge < -0.3 is 14.6 Å². The molecule has 3 aromatic carbocycles. The van der Waals surface area contributed by atoms with E-state index in [4.69, 9.17) is 9.47 Å². The van der Waals surface area contributed by atoms with E-state index in [1.807, 2.05) is 30.3 Å². The van der Waals surface area contributed by atoms with Crippen LogP contribution >= 0.6 is 0 Å². The van der Waals surface area contributed by atoms with Gasteiger partial charge in [-0.15, -0.1) is 0 Å². The van der Waals surface area contributed by atoms with Gasteiger partial charge in [0.2, 0.25) is 0 Å². The van der Waals surface area contributed by atoms with Crippen LogP contribution in [0.1, 0.15) is 30.0 Å². The Morgan fingerprint density at radius 2 is 1.83 bits per heavy atom. The summed E-state index contributed by atoms with van der Waals surface area (Å²) < 4.78 is 11.2. The van der Waals surface area contributed by atoms with E-state index in [1.165, 1.54) is 0 Å². The minimum absolute atomic E-state index is 0.242. The van der Waals surface area contributed by atoms with Crippen LogP contribution in [-0.4, -0.2) is 42.8 Å². The monoisotopic (exact) mass is 391 g/mol. The predicted molar refractivity (Wildman–Crippen MR) is 113 cm³/mol. The molecule has 29 heavy (non-hydrogen) atoms. The first-order chi connectivity index (χ1) is 14.1. The number of fused-ring (bicyclic) bond motifs is 1. The number of hydrogen-bond donors (Lipinski definition) is 1. The summed E-state index contributed by atoms with van der Waals surface area (Å²) >= 11 is 0. The molecule has 4 rings (SSSR count). The van der Waals surface area contributed by atoms with Crippen molar-refractivity contribution in [1.82, 2.24) is 4.90 Å². The number of carboxylic acids is 1. The zero-order chi connectivity index (χ0) is 20.4. The van der Waals surface area contributed by atoms with E-state index in [9.17, 15) is 9.90 Å². The molecular weight excluding hydrogens is 366 g/mol. The molecule has 5 heteroatoms. The minimum Gasteiger partial charge on any atom is -0.493 e. The van der Waals surface area contributed by atoms with Gasteiger partial charge in [0.15, 0.2) is 11.5 Å². The SMILES string of the molecule is COc1cccc(C(c2ccc3ccccc3c2)N2CCCC2C(=O)O)c1OC. The molecule has 1 N–H and O–H groups in total. The molecule has 0 radical (unpaired) electrons. The maximum atomic E-state index is 12.0. The van der Waals surface area contributed by atoms with Gasteiger partial charge in [-0.3, -0.25) is 9.69 Å². The Balaban J connectivity index is 1.91. The molecule has 0 bridgehead atoms. The third-order valence-corrected chi connectivity index (χ3v) is 5.73. The van der Waals surface area contributed by atoms with E-state index >= 15 is 0 Å². The van der Waals surface area contributed by atoms with Crippen molar-refractivity contribution in [3.8, 4) is 11.5 Å². The number of hydrogen-bond acceptors (Lipinski definition) is 4. The molecule has 0 aromatic heterocycles. The lowest BCUT2D eigenvalue weighted by atomic mass is 9.93. The third-order valence-electron chi connectivity index (χ3n) is 5.73. The summed E-state index contributed by atoms with van der Waals surface area (Å²) in [7, 11) is 3.24. The van der Waals surface area contributed by atoms with Crippen molar-refractivity contribution >= 4 is 16.7 Å². The summed E-state index contributed by atoms with van der Waals surface area (Å²) in [4.78, 5) is 14.0. The quantitative estimate of drug-likeness (QED) is 0.671. The summed E-state index contributed by atoms with van der Waals surface area (Å²) in [6.45, 7) is 0.717. The van der Waals surface area contributed by atoms with Crippen LogP contribution in [0, 0.1) is 0 Å². The Bertz CT molecular complexity index is 1030. The van der Waals surface area contributed by atoms with Gasteiger partial charge in [0.1, 0.15) is 6.04 Å². The summed E-state index contributed by atoms with van der Waals surface area (Å²) in [5.74, 6) is 0.501. The number of rotatable bonds is 6. The molecule has 1 aliphatic rings. The first-order valence-electron chi connectivity index (χ1n) is 9.82. The molecule has 2 atom stereocenters. The van der Waals surface area contributed by atoms with Crippen molar-refractivity contribution in [3.05, 3.63) is 71.8 Å². The van der Waals surface area contributed by atoms with Crippen LogP contribution in [0.2, 0.25) is 0 Å². The molecule has 3 aromatic rings. The summed E-state index contributed by atoms with van der Waals surface area (Å²) in [6, 6.07) is 19.5. The van der Waals surface area contributed by atoms with Gasteiger partial charge in [0.05, 0.1) is 20.3 Å². The van der Waals surface area contributed by atoms with Crippen LogP contribution in [0.5, 0.6) is 11.5 Å². The van der Waals surface area contributed by atoms with Crippen molar-refractivity contribution in [2.75, 3.05) is 20.8 Å². The molecule has 1 saturated heterocycles. The van der Waals surface area contributed by atoms with Crippen molar-refractivity contribution in [3.63, 3.8) is 0 Å². The lowest BCUT2D eigenvalue weighted by Crippen LogP contribution is -2.39. The fraction of sp³-hybridized carbons (Fsp3) is 0.292. The molecule has 0 spiro atoms. The van der Waals surface area contributed by atoms with Gasteiger partial charge in [0.25, 0.3) is 0 Å². The molecule has 0 amide bonds. The number of para-hydroxylation sites is 1. The normalized spacial score (nSPS) is 17.9. The molecule has 0 aliphatic carbocycles. The van der Waals surface area contributed by atoms with Crippen LogP contribution in [0.3, 0.4) is 0 Å². The average Bonchev–Trinajstić information content (AvgIpc) is 3.23. The number of methoxy groups -OCH3 is 2. The first kappa shape index (κ1) is 19.3. The molecule has 150 valence electrons. The largest absolute Gasteiger partial charge is 0.493 e. The second-order valence-corrected chi connectivity index (χ2v) is 7.33. The second-order valence-electron chi connectivity index (χ2n) is 7.33. The van der Waals surface area contributed by atoms with Gasteiger partial charge in [-0.2, -0.15) is 0 Å². The van der Waals surface area contributed by atoms with Crippen molar-refractivity contribution in [2.45, 2.75) is 24.9 Å². The lowest BCUT2D eigenvalue weighted by Gasteiger charge is -2.33. The Kier molecular flexibility index (Phi) is 5.41. The molecule has 5 nitrogen and oxygen atoms in total. The van der Waals surface area contributed by atoms with Gasteiger partial charge >= 0.3 is 5.97 Å². The Morgan fingerprint density at radius 3 is 2.55 bits per heavy atom. The highest BCUT2D eigenvalue weighted by molar-refractivity contribution is 5.83. The number of carbonyl (C=O) groups is 1. The fourth-order valence-corrected chi connectivity index (χ4v) is 4.42. The van der Waals surface area contributed by atoms with E-state index in [1.54, 1.807) is 14.2 Å². The zero-order valence-electron chi connectivity index (χ0n) is 16.7. The molecule has 1 heterocycles. The summed E-state index contributed by atoms with van der Waals surface area (Å²) in [6.07, 6.45) is 1.50. The van der Waals surface area contributed by atoms with Crippen LogP contribution in [0.25, 0.3) is 10.8 Å². The molecular formula is C24H25NO4. The smallest absolute Gasteiger partial charge is 0.320 e. The highest BCUT2D eigenvalue weighted by Gasteiger charge is 2.38. The molecule has 2 unspecified atom stereocenters. The molecule has 1 fully saturated rings. The van der Waals surface area contributed by atoms with Crippen LogP contribution in [0.4, 0.5) is 0 Å². The van der Waals surface area contributed by atoms with E-state index in [-0.39, 0.29) is 6.04 Å². The number of aliphatic carboxylic acids is 1. The number of benzene rings is 3. The van der Waals surface area contributed by atoms with Gasteiger partial charge in [0, 0.05) is 12.1 Å². The van der Waals surface area contributed by atoms with E-state index < -0.39 is 12.0 Å².